The number of carboxylic acid groups (broad SMARTS) is 1. The molecular weight excluding hydrogens is 338 g/mol. The highest BCUT2D eigenvalue weighted by atomic mass is 16.7. The number of aliphatic hydroxyl groups excluding tert-OH is 3. The fourth-order valence-corrected chi connectivity index (χ4v) is 2.37. The molecule has 1 aromatic carbocycles. The Labute approximate surface area is 142 Å². The van der Waals surface area contributed by atoms with Crippen LogP contribution < -0.4 is 10.1 Å². The number of hydrogen-bond donors (Lipinski definition) is 5. The Morgan fingerprint density at radius 2 is 2.00 bits per heavy atom. The Morgan fingerprint density at radius 1 is 1.28 bits per heavy atom. The topological polar surface area (TPSA) is 155 Å². The van der Waals surface area contributed by atoms with Crippen LogP contribution in [0, 0.1) is 0 Å². The molecule has 1 fully saturated rings. The van der Waals surface area contributed by atoms with Crippen LogP contribution in [0.3, 0.4) is 0 Å². The lowest BCUT2D eigenvalue weighted by Gasteiger charge is -2.38. The van der Waals surface area contributed by atoms with E-state index in [9.17, 15) is 24.9 Å². The Morgan fingerprint density at radius 3 is 2.60 bits per heavy atom. The minimum atomic E-state index is -1.79. The summed E-state index contributed by atoms with van der Waals surface area (Å²) in [5.74, 6) is -1.30. The number of carbonyl (C=O) groups excluding carboxylic acids is 1. The molecule has 25 heavy (non-hydrogen) atoms. The number of aliphatic carboxylic acids is 1. The minimum Gasteiger partial charge on any atom is -0.479 e. The number of aliphatic hydroxyl groups is 3. The number of rotatable bonds is 7. The lowest BCUT2D eigenvalue weighted by Crippen LogP contribution is -2.61. The van der Waals surface area contributed by atoms with Gasteiger partial charge in [0, 0.05) is 7.05 Å². The molecule has 0 amide bonds. The Balaban J connectivity index is 2.19. The molecule has 0 unspecified atom stereocenters. The van der Waals surface area contributed by atoms with Gasteiger partial charge < -0.3 is 40.0 Å². The quantitative estimate of drug-likeness (QED) is 0.371. The molecule has 138 valence electrons. The predicted molar refractivity (Wildman–Crippen MR) is 81.8 cm³/mol. The summed E-state index contributed by atoms with van der Waals surface area (Å²) in [5.41, 5.74) is 1.11. The zero-order chi connectivity index (χ0) is 18.6. The summed E-state index contributed by atoms with van der Waals surface area (Å²) >= 11 is 0. The minimum absolute atomic E-state index is 0.0486. The van der Waals surface area contributed by atoms with Gasteiger partial charge in [-0.1, -0.05) is 6.07 Å². The van der Waals surface area contributed by atoms with Gasteiger partial charge in [0.1, 0.15) is 30.7 Å². The maximum Gasteiger partial charge on any atom is 0.335 e. The Hall–Kier alpha value is -2.40. The summed E-state index contributed by atoms with van der Waals surface area (Å²) in [6.07, 6.45) is -8.46. The van der Waals surface area contributed by atoms with Crippen molar-refractivity contribution < 1.29 is 44.2 Å². The van der Waals surface area contributed by atoms with Crippen molar-refractivity contribution in [3.63, 3.8) is 0 Å². The Bertz CT molecular complexity index is 623. The van der Waals surface area contributed by atoms with Crippen molar-refractivity contribution in [2.24, 2.45) is 0 Å². The van der Waals surface area contributed by atoms with Crippen molar-refractivity contribution in [1.82, 2.24) is 0 Å². The number of ether oxygens (including phenoxy) is 3. The predicted octanol–water partition coefficient (Wildman–Crippen LogP) is -1.33. The molecule has 1 aromatic rings. The molecule has 2 rings (SSSR count). The third-order valence-corrected chi connectivity index (χ3v) is 3.69. The molecule has 1 saturated heterocycles. The van der Waals surface area contributed by atoms with Crippen molar-refractivity contribution in [3.8, 4) is 5.75 Å². The van der Waals surface area contributed by atoms with Gasteiger partial charge in [0.2, 0.25) is 6.29 Å². The molecule has 1 heterocycles. The van der Waals surface area contributed by atoms with Gasteiger partial charge in [-0.05, 0) is 17.7 Å². The molecular formula is C15H19NO9. The number of benzene rings is 1. The smallest absolute Gasteiger partial charge is 0.335 e. The van der Waals surface area contributed by atoms with Gasteiger partial charge in [-0.2, -0.15) is 0 Å². The SMILES string of the molecule is CNc1cc(COC=O)ccc1O[C@@H]1O[C@H](C(=O)O)[C@@H](O)[C@H](O)[C@H]1O. The van der Waals surface area contributed by atoms with Crippen LogP contribution in [0.5, 0.6) is 5.75 Å². The van der Waals surface area contributed by atoms with E-state index in [1.807, 2.05) is 0 Å². The fraction of sp³-hybridized carbons (Fsp3) is 0.467. The molecule has 1 aliphatic heterocycles. The maximum atomic E-state index is 11.1. The molecule has 5 atom stereocenters. The molecule has 0 radical (unpaired) electrons. The van der Waals surface area contributed by atoms with Crippen LogP contribution in [0.2, 0.25) is 0 Å². The van der Waals surface area contributed by atoms with Gasteiger partial charge in [-0.15, -0.1) is 0 Å². The number of anilines is 1. The first-order valence-electron chi connectivity index (χ1n) is 7.34. The molecule has 0 bridgehead atoms. The van der Waals surface area contributed by atoms with Crippen molar-refractivity contribution in [1.29, 1.82) is 0 Å². The van der Waals surface area contributed by atoms with Crippen LogP contribution in [-0.2, 0) is 25.7 Å². The lowest BCUT2D eigenvalue weighted by atomic mass is 9.99. The summed E-state index contributed by atoms with van der Waals surface area (Å²) in [6, 6.07) is 4.71. The molecule has 10 heteroatoms. The Kier molecular flexibility index (Phi) is 6.15. The highest BCUT2D eigenvalue weighted by molar-refractivity contribution is 5.73. The van der Waals surface area contributed by atoms with E-state index in [4.69, 9.17) is 14.6 Å². The number of hydrogen-bond acceptors (Lipinski definition) is 9. The first-order chi connectivity index (χ1) is 11.9. The zero-order valence-electron chi connectivity index (χ0n) is 13.2. The third kappa shape index (κ3) is 4.17. The van der Waals surface area contributed by atoms with Crippen molar-refractivity contribution in [2.75, 3.05) is 12.4 Å². The van der Waals surface area contributed by atoms with Gasteiger partial charge in [0.05, 0.1) is 5.69 Å². The average molecular weight is 357 g/mol. The lowest BCUT2D eigenvalue weighted by molar-refractivity contribution is -0.271. The monoisotopic (exact) mass is 357 g/mol. The van der Waals surface area contributed by atoms with E-state index in [2.05, 4.69) is 10.1 Å². The summed E-state index contributed by atoms with van der Waals surface area (Å²) in [5, 5.41) is 41.3. The first-order valence-corrected chi connectivity index (χ1v) is 7.34. The van der Waals surface area contributed by atoms with Gasteiger partial charge in [-0.25, -0.2) is 4.79 Å². The number of carbonyl (C=O) groups is 2. The second-order valence-electron chi connectivity index (χ2n) is 5.34. The summed E-state index contributed by atoms with van der Waals surface area (Å²) in [7, 11) is 1.60. The molecule has 0 aromatic heterocycles. The molecule has 0 saturated carbocycles. The normalized spacial score (nSPS) is 28.9. The van der Waals surface area contributed by atoms with Crippen LogP contribution in [0.15, 0.2) is 18.2 Å². The van der Waals surface area contributed by atoms with E-state index in [-0.39, 0.29) is 12.4 Å². The molecule has 1 aliphatic rings. The second kappa shape index (κ2) is 8.12. The molecule has 0 aliphatic carbocycles. The number of carboxylic acids is 1. The average Bonchev–Trinajstić information content (AvgIpc) is 2.60. The van der Waals surface area contributed by atoms with Crippen LogP contribution in [0.4, 0.5) is 5.69 Å². The first kappa shape index (κ1) is 18.9. The van der Waals surface area contributed by atoms with E-state index in [0.717, 1.165) is 0 Å². The summed E-state index contributed by atoms with van der Waals surface area (Å²) < 4.78 is 15.2. The second-order valence-corrected chi connectivity index (χ2v) is 5.34. The highest BCUT2D eigenvalue weighted by Gasteiger charge is 2.48. The van der Waals surface area contributed by atoms with Gasteiger partial charge in [-0.3, -0.25) is 4.79 Å². The third-order valence-electron chi connectivity index (χ3n) is 3.69. The standard InChI is InChI=1S/C15H19NO9/c1-16-8-4-7(5-23-6-17)2-3-9(8)24-15-12(20)10(18)11(19)13(25-15)14(21)22/h2-4,6,10-13,15-16,18-20H,5H2,1H3,(H,21,22)/t10-,11-,12+,13-,15+/m0/s1. The van der Waals surface area contributed by atoms with E-state index in [1.54, 1.807) is 19.2 Å². The number of nitrogens with one attached hydrogen (secondary N) is 1. The van der Waals surface area contributed by atoms with Gasteiger partial charge >= 0.3 is 5.97 Å². The van der Waals surface area contributed by atoms with Crippen LogP contribution in [-0.4, -0.2) is 70.6 Å². The van der Waals surface area contributed by atoms with Crippen molar-refractivity contribution >= 4 is 18.1 Å². The molecule has 5 N–H and O–H groups in total. The van der Waals surface area contributed by atoms with E-state index < -0.39 is 36.7 Å². The van der Waals surface area contributed by atoms with E-state index in [1.165, 1.54) is 6.07 Å². The van der Waals surface area contributed by atoms with Gasteiger partial charge in [0.25, 0.3) is 6.47 Å². The van der Waals surface area contributed by atoms with Crippen LogP contribution in [0.1, 0.15) is 5.56 Å². The summed E-state index contributed by atoms with van der Waals surface area (Å²) in [4.78, 5) is 21.3. The zero-order valence-corrected chi connectivity index (χ0v) is 13.2. The maximum absolute atomic E-state index is 11.1. The van der Waals surface area contributed by atoms with Crippen LogP contribution in [0.25, 0.3) is 0 Å². The fourth-order valence-electron chi connectivity index (χ4n) is 2.37. The largest absolute Gasteiger partial charge is 0.479 e. The van der Waals surface area contributed by atoms with Crippen LogP contribution >= 0.6 is 0 Å². The summed E-state index contributed by atoms with van der Waals surface area (Å²) in [6.45, 7) is 0.363. The van der Waals surface area contributed by atoms with Crippen molar-refractivity contribution in [3.05, 3.63) is 23.8 Å². The van der Waals surface area contributed by atoms with Gasteiger partial charge in [0.15, 0.2) is 6.10 Å². The van der Waals surface area contributed by atoms with Crippen molar-refractivity contribution in [2.45, 2.75) is 37.3 Å². The van der Waals surface area contributed by atoms with E-state index >= 15 is 0 Å². The molecule has 0 spiro atoms. The van der Waals surface area contributed by atoms with E-state index in [0.29, 0.717) is 17.7 Å². The highest BCUT2D eigenvalue weighted by Crippen LogP contribution is 2.30. The molecule has 10 nitrogen and oxygen atoms in total.